The van der Waals surface area contributed by atoms with E-state index in [9.17, 15) is 0 Å². The fourth-order valence-corrected chi connectivity index (χ4v) is 3.61. The quantitative estimate of drug-likeness (QED) is 0.610. The number of rotatable bonds is 6. The van der Waals surface area contributed by atoms with Crippen molar-refractivity contribution in [3.63, 3.8) is 0 Å². The lowest BCUT2D eigenvalue weighted by Crippen LogP contribution is -2.37. The molecule has 1 saturated carbocycles. The van der Waals surface area contributed by atoms with Gasteiger partial charge in [0.1, 0.15) is 0 Å². The molecule has 2 rings (SSSR count). The molecule has 1 aromatic rings. The minimum Gasteiger partial charge on any atom is -0.313 e. The summed E-state index contributed by atoms with van der Waals surface area (Å²) in [6.07, 6.45) is 5.76. The molecule has 1 nitrogen and oxygen atoms in total. The normalized spacial score (nSPS) is 16.6. The molecule has 0 unspecified atom stereocenters. The van der Waals surface area contributed by atoms with Gasteiger partial charge in [-0.3, -0.25) is 0 Å². The molecule has 0 bridgehead atoms. The summed E-state index contributed by atoms with van der Waals surface area (Å²) in [6.45, 7) is 9.41. The van der Waals surface area contributed by atoms with Gasteiger partial charge in [0.25, 0.3) is 0 Å². The van der Waals surface area contributed by atoms with Crippen molar-refractivity contribution in [1.29, 1.82) is 0 Å². The Bertz CT molecular complexity index is 360. The predicted molar refractivity (Wildman–Crippen MR) is 83.1 cm³/mol. The van der Waals surface area contributed by atoms with Crippen LogP contribution in [0, 0.1) is 5.92 Å². The van der Waals surface area contributed by atoms with Crippen LogP contribution < -0.4 is 10.5 Å². The Morgan fingerprint density at radius 1 is 1.11 bits per heavy atom. The molecule has 1 aliphatic carbocycles. The molecule has 1 N–H and O–H groups in total. The van der Waals surface area contributed by atoms with Gasteiger partial charge in [0, 0.05) is 6.54 Å². The number of benzene rings is 1. The van der Waals surface area contributed by atoms with E-state index in [2.05, 4.69) is 49.2 Å². The highest BCUT2D eigenvalue weighted by molar-refractivity contribution is 6.88. The van der Waals surface area contributed by atoms with Crippen molar-refractivity contribution >= 4 is 13.3 Å². The first-order valence-electron chi connectivity index (χ1n) is 7.36. The summed E-state index contributed by atoms with van der Waals surface area (Å²) < 4.78 is 0. The molecular weight excluding hydrogens is 234 g/mol. The molecule has 0 aromatic heterocycles. The Kier molecular flexibility index (Phi) is 4.63. The van der Waals surface area contributed by atoms with Crippen LogP contribution in [-0.4, -0.2) is 14.6 Å². The molecule has 2 heteroatoms. The van der Waals surface area contributed by atoms with Crippen LogP contribution in [0.2, 0.25) is 19.6 Å². The van der Waals surface area contributed by atoms with Crippen LogP contribution in [0.5, 0.6) is 0 Å². The minimum atomic E-state index is -1.13. The first kappa shape index (κ1) is 13.8. The third kappa shape index (κ3) is 3.96. The summed E-state index contributed by atoms with van der Waals surface area (Å²) in [5.41, 5.74) is 1.42. The fourth-order valence-electron chi connectivity index (χ4n) is 2.44. The number of hydrogen-bond acceptors (Lipinski definition) is 1. The fraction of sp³-hybridized carbons (Fsp3) is 0.625. The molecule has 18 heavy (non-hydrogen) atoms. The Balaban J connectivity index is 1.72. The second kappa shape index (κ2) is 6.03. The van der Waals surface area contributed by atoms with Crippen molar-refractivity contribution < 1.29 is 0 Å². The van der Waals surface area contributed by atoms with Crippen LogP contribution in [0.3, 0.4) is 0 Å². The second-order valence-electron chi connectivity index (χ2n) is 6.71. The van der Waals surface area contributed by atoms with Gasteiger partial charge >= 0.3 is 0 Å². The second-order valence-corrected chi connectivity index (χ2v) is 11.8. The highest BCUT2D eigenvalue weighted by Gasteiger charge is 2.16. The van der Waals surface area contributed by atoms with Gasteiger partial charge in [0.2, 0.25) is 0 Å². The zero-order valence-electron chi connectivity index (χ0n) is 12.1. The van der Waals surface area contributed by atoms with Crippen LogP contribution in [0.25, 0.3) is 0 Å². The molecule has 0 spiro atoms. The predicted octanol–water partition coefficient (Wildman–Crippen LogP) is 3.51. The monoisotopic (exact) mass is 261 g/mol. The largest absolute Gasteiger partial charge is 0.313 e. The Hall–Kier alpha value is -0.603. The SMILES string of the molecule is C[Si](C)(C)c1ccc(CNCCC2CCC2)cc1. The Morgan fingerprint density at radius 2 is 1.78 bits per heavy atom. The van der Waals surface area contributed by atoms with Crippen molar-refractivity contribution in [3.05, 3.63) is 29.8 Å². The Labute approximate surface area is 113 Å². The lowest BCUT2D eigenvalue weighted by molar-refractivity contribution is 0.292. The summed E-state index contributed by atoms with van der Waals surface area (Å²) in [6, 6.07) is 9.25. The van der Waals surface area contributed by atoms with Crippen LogP contribution in [0.1, 0.15) is 31.2 Å². The molecular formula is C16H27NSi. The third-order valence-electron chi connectivity index (χ3n) is 4.10. The van der Waals surface area contributed by atoms with E-state index >= 15 is 0 Å². The summed E-state index contributed by atoms with van der Waals surface area (Å²) in [5, 5.41) is 5.13. The van der Waals surface area contributed by atoms with Gasteiger partial charge < -0.3 is 5.32 Å². The van der Waals surface area contributed by atoms with E-state index in [4.69, 9.17) is 0 Å². The third-order valence-corrected chi connectivity index (χ3v) is 6.17. The average molecular weight is 261 g/mol. The van der Waals surface area contributed by atoms with Gasteiger partial charge in [0.15, 0.2) is 0 Å². The molecule has 0 saturated heterocycles. The van der Waals surface area contributed by atoms with E-state index in [1.807, 2.05) is 0 Å². The molecule has 1 aliphatic rings. The molecule has 0 amide bonds. The maximum Gasteiger partial charge on any atom is 0.0775 e. The van der Waals surface area contributed by atoms with Gasteiger partial charge in [-0.15, -0.1) is 0 Å². The lowest BCUT2D eigenvalue weighted by atomic mass is 9.83. The molecule has 0 atom stereocenters. The van der Waals surface area contributed by atoms with Crippen molar-refractivity contribution in [2.45, 2.75) is 51.9 Å². The summed E-state index contributed by atoms with van der Waals surface area (Å²) in [4.78, 5) is 0. The van der Waals surface area contributed by atoms with Gasteiger partial charge in [-0.2, -0.15) is 0 Å². The van der Waals surface area contributed by atoms with Crippen molar-refractivity contribution in [1.82, 2.24) is 5.32 Å². The van der Waals surface area contributed by atoms with E-state index in [0.29, 0.717) is 0 Å². The molecule has 100 valence electrons. The van der Waals surface area contributed by atoms with Crippen LogP contribution in [-0.2, 0) is 6.54 Å². The summed E-state index contributed by atoms with van der Waals surface area (Å²) in [7, 11) is -1.13. The highest BCUT2D eigenvalue weighted by atomic mass is 28.3. The molecule has 0 radical (unpaired) electrons. The van der Waals surface area contributed by atoms with Crippen molar-refractivity contribution in [2.24, 2.45) is 5.92 Å². The van der Waals surface area contributed by atoms with Crippen molar-refractivity contribution in [2.75, 3.05) is 6.54 Å². The zero-order valence-corrected chi connectivity index (χ0v) is 13.1. The Morgan fingerprint density at radius 3 is 2.28 bits per heavy atom. The first-order valence-corrected chi connectivity index (χ1v) is 10.9. The van der Waals surface area contributed by atoms with Gasteiger partial charge in [-0.05, 0) is 24.4 Å². The highest BCUT2D eigenvalue weighted by Crippen LogP contribution is 2.28. The maximum atomic E-state index is 3.57. The van der Waals surface area contributed by atoms with Gasteiger partial charge in [0.05, 0.1) is 8.07 Å². The molecule has 1 fully saturated rings. The van der Waals surface area contributed by atoms with Crippen LogP contribution >= 0.6 is 0 Å². The van der Waals surface area contributed by atoms with E-state index in [-0.39, 0.29) is 0 Å². The molecule has 0 aliphatic heterocycles. The summed E-state index contributed by atoms with van der Waals surface area (Å²) >= 11 is 0. The van der Waals surface area contributed by atoms with Crippen molar-refractivity contribution in [3.8, 4) is 0 Å². The number of hydrogen-bond donors (Lipinski definition) is 1. The van der Waals surface area contributed by atoms with Gasteiger partial charge in [-0.25, -0.2) is 0 Å². The topological polar surface area (TPSA) is 12.0 Å². The van der Waals surface area contributed by atoms with E-state index in [0.717, 1.165) is 12.5 Å². The standard InChI is InChI=1S/C16H27NSi/c1-18(2,3)16-9-7-15(8-10-16)13-17-12-11-14-5-4-6-14/h7-10,14,17H,4-6,11-13H2,1-3H3. The van der Waals surface area contributed by atoms with Gasteiger partial charge in [-0.1, -0.05) is 68.4 Å². The minimum absolute atomic E-state index is 1.02. The van der Waals surface area contributed by atoms with E-state index < -0.39 is 8.07 Å². The average Bonchev–Trinajstić information content (AvgIpc) is 2.26. The summed E-state index contributed by atoms with van der Waals surface area (Å²) in [5.74, 6) is 1.02. The molecule has 1 aromatic carbocycles. The smallest absolute Gasteiger partial charge is 0.0775 e. The van der Waals surface area contributed by atoms with E-state index in [1.165, 1.54) is 37.8 Å². The zero-order chi connectivity index (χ0) is 13.0. The maximum absolute atomic E-state index is 3.57. The molecule has 0 heterocycles. The first-order chi connectivity index (χ1) is 8.55. The van der Waals surface area contributed by atoms with Crippen LogP contribution in [0.15, 0.2) is 24.3 Å². The number of nitrogens with one attached hydrogen (secondary N) is 1. The van der Waals surface area contributed by atoms with E-state index in [1.54, 1.807) is 5.19 Å². The lowest BCUT2D eigenvalue weighted by Gasteiger charge is -2.25. The van der Waals surface area contributed by atoms with Crippen LogP contribution in [0.4, 0.5) is 0 Å².